The summed E-state index contributed by atoms with van der Waals surface area (Å²) in [5.74, 6) is -1.62. The van der Waals surface area contributed by atoms with Gasteiger partial charge in [0.15, 0.2) is 0 Å². The molecule has 0 bridgehead atoms. The topological polar surface area (TPSA) is 84.5 Å². The normalized spacial score (nSPS) is 20.8. The summed E-state index contributed by atoms with van der Waals surface area (Å²) < 4.78 is 4.61. The molecule has 0 aromatic carbocycles. The van der Waals surface area contributed by atoms with Gasteiger partial charge in [0.05, 0.1) is 7.11 Å². The van der Waals surface area contributed by atoms with E-state index in [0.717, 1.165) is 6.42 Å². The van der Waals surface area contributed by atoms with Crippen LogP contribution in [0.5, 0.6) is 0 Å². The highest BCUT2D eigenvalue weighted by Crippen LogP contribution is 2.18. The van der Waals surface area contributed by atoms with Crippen molar-refractivity contribution < 1.29 is 19.1 Å². The summed E-state index contributed by atoms with van der Waals surface area (Å²) in [6.07, 6.45) is 1.81. The van der Waals surface area contributed by atoms with Crippen molar-refractivity contribution in [3.8, 4) is 0 Å². The second-order valence-electron chi connectivity index (χ2n) is 4.14. The molecule has 102 valence electrons. The first-order valence-electron chi connectivity index (χ1n) is 5.79. The van der Waals surface area contributed by atoms with E-state index in [1.807, 2.05) is 0 Å². The zero-order valence-corrected chi connectivity index (χ0v) is 11.0. The first-order valence-corrected chi connectivity index (χ1v) is 6.32. The largest absolute Gasteiger partial charge is 0.467 e. The Morgan fingerprint density at radius 2 is 2.33 bits per heavy atom. The van der Waals surface area contributed by atoms with Crippen molar-refractivity contribution in [3.63, 3.8) is 0 Å². The van der Waals surface area contributed by atoms with Crippen LogP contribution >= 0.6 is 11.6 Å². The number of carbonyl (C=O) groups is 3. The molecule has 1 aliphatic rings. The van der Waals surface area contributed by atoms with Crippen LogP contribution in [0.15, 0.2) is 0 Å². The lowest BCUT2D eigenvalue weighted by Gasteiger charge is -2.25. The average molecular weight is 277 g/mol. The number of esters is 1. The van der Waals surface area contributed by atoms with E-state index in [1.165, 1.54) is 7.11 Å². The van der Waals surface area contributed by atoms with E-state index in [2.05, 4.69) is 15.4 Å². The number of carbonyl (C=O) groups excluding carboxylic acids is 3. The van der Waals surface area contributed by atoms with E-state index >= 15 is 0 Å². The SMILES string of the molecule is COC(=O)C(CC1CCCNC1=O)NC(=O)CCl. The molecule has 0 saturated carbocycles. The molecule has 1 heterocycles. The van der Waals surface area contributed by atoms with Crippen LogP contribution in [-0.2, 0) is 19.1 Å². The molecule has 0 radical (unpaired) electrons. The smallest absolute Gasteiger partial charge is 0.328 e. The minimum Gasteiger partial charge on any atom is -0.467 e. The summed E-state index contributed by atoms with van der Waals surface area (Å²) in [7, 11) is 1.24. The number of amides is 2. The number of hydrogen-bond acceptors (Lipinski definition) is 4. The number of halogens is 1. The van der Waals surface area contributed by atoms with Gasteiger partial charge in [-0.15, -0.1) is 11.6 Å². The molecule has 18 heavy (non-hydrogen) atoms. The quantitative estimate of drug-likeness (QED) is 0.538. The van der Waals surface area contributed by atoms with E-state index < -0.39 is 17.9 Å². The lowest BCUT2D eigenvalue weighted by atomic mass is 9.91. The molecule has 2 unspecified atom stereocenters. The molecule has 2 atom stereocenters. The van der Waals surface area contributed by atoms with Crippen LogP contribution in [0.2, 0.25) is 0 Å². The molecule has 6 nitrogen and oxygen atoms in total. The van der Waals surface area contributed by atoms with Gasteiger partial charge in [0.2, 0.25) is 11.8 Å². The van der Waals surface area contributed by atoms with Gasteiger partial charge in [-0.05, 0) is 19.3 Å². The van der Waals surface area contributed by atoms with E-state index in [0.29, 0.717) is 13.0 Å². The standard InChI is InChI=1S/C11H17ClN2O4/c1-18-11(17)8(14-9(15)6-12)5-7-3-2-4-13-10(7)16/h7-8H,2-6H2,1H3,(H,13,16)(H,14,15). The molecule has 2 N–H and O–H groups in total. The van der Waals surface area contributed by atoms with Crippen LogP contribution in [0.4, 0.5) is 0 Å². The van der Waals surface area contributed by atoms with E-state index in [4.69, 9.17) is 11.6 Å². The number of rotatable bonds is 5. The lowest BCUT2D eigenvalue weighted by molar-refractivity contribution is -0.145. The van der Waals surface area contributed by atoms with Gasteiger partial charge in [-0.25, -0.2) is 4.79 Å². The summed E-state index contributed by atoms with van der Waals surface area (Å²) in [4.78, 5) is 34.3. The number of alkyl halides is 1. The maximum absolute atomic E-state index is 11.6. The van der Waals surface area contributed by atoms with Crippen LogP contribution in [-0.4, -0.2) is 43.4 Å². The minimum absolute atomic E-state index is 0.0877. The van der Waals surface area contributed by atoms with Gasteiger partial charge in [0.1, 0.15) is 11.9 Å². The van der Waals surface area contributed by atoms with Crippen LogP contribution in [0, 0.1) is 5.92 Å². The highest BCUT2D eigenvalue weighted by molar-refractivity contribution is 6.27. The Hall–Kier alpha value is -1.30. The van der Waals surface area contributed by atoms with Gasteiger partial charge in [-0.3, -0.25) is 9.59 Å². The third-order valence-electron chi connectivity index (χ3n) is 2.86. The minimum atomic E-state index is -0.824. The second kappa shape index (κ2) is 7.20. The van der Waals surface area contributed by atoms with Gasteiger partial charge in [0.25, 0.3) is 0 Å². The van der Waals surface area contributed by atoms with Gasteiger partial charge in [-0.1, -0.05) is 0 Å². The zero-order valence-electron chi connectivity index (χ0n) is 10.2. The summed E-state index contributed by atoms with van der Waals surface area (Å²) >= 11 is 5.37. The predicted molar refractivity (Wildman–Crippen MR) is 65.0 cm³/mol. The first-order chi connectivity index (χ1) is 8.58. The highest BCUT2D eigenvalue weighted by Gasteiger charge is 2.30. The molecule has 1 aliphatic heterocycles. The van der Waals surface area contributed by atoms with Crippen LogP contribution in [0.3, 0.4) is 0 Å². The fourth-order valence-corrected chi connectivity index (χ4v) is 2.01. The van der Waals surface area contributed by atoms with Gasteiger partial charge in [0, 0.05) is 12.5 Å². The van der Waals surface area contributed by atoms with Crippen molar-refractivity contribution in [1.82, 2.24) is 10.6 Å². The third-order valence-corrected chi connectivity index (χ3v) is 3.10. The molecule has 2 amide bonds. The maximum Gasteiger partial charge on any atom is 0.328 e. The number of nitrogens with one attached hydrogen (secondary N) is 2. The zero-order chi connectivity index (χ0) is 13.5. The third kappa shape index (κ3) is 4.18. The monoisotopic (exact) mass is 276 g/mol. The Morgan fingerprint density at radius 3 is 2.89 bits per heavy atom. The Bertz CT molecular complexity index is 335. The van der Waals surface area contributed by atoms with E-state index in [1.54, 1.807) is 0 Å². The molecular weight excluding hydrogens is 260 g/mol. The molecule has 0 aromatic rings. The fraction of sp³-hybridized carbons (Fsp3) is 0.727. The maximum atomic E-state index is 11.6. The predicted octanol–water partition coefficient (Wildman–Crippen LogP) is -0.201. The molecule has 1 saturated heterocycles. The Balaban J connectivity index is 2.62. The molecule has 0 aliphatic carbocycles. The van der Waals surface area contributed by atoms with E-state index in [-0.39, 0.29) is 24.1 Å². The molecule has 1 fully saturated rings. The van der Waals surface area contributed by atoms with Gasteiger partial charge < -0.3 is 15.4 Å². The van der Waals surface area contributed by atoms with Crippen molar-refractivity contribution in [2.75, 3.05) is 19.5 Å². The van der Waals surface area contributed by atoms with Crippen molar-refractivity contribution in [2.24, 2.45) is 5.92 Å². The van der Waals surface area contributed by atoms with Crippen molar-refractivity contribution >= 4 is 29.4 Å². The molecule has 0 spiro atoms. The molecular formula is C11H17ClN2O4. The summed E-state index contributed by atoms with van der Waals surface area (Å²) in [5, 5.41) is 5.19. The molecule has 0 aromatic heterocycles. The molecule has 1 rings (SSSR count). The lowest BCUT2D eigenvalue weighted by Crippen LogP contribution is -2.46. The second-order valence-corrected chi connectivity index (χ2v) is 4.41. The van der Waals surface area contributed by atoms with E-state index in [9.17, 15) is 14.4 Å². The van der Waals surface area contributed by atoms with Crippen LogP contribution < -0.4 is 10.6 Å². The number of ether oxygens (including phenoxy) is 1. The van der Waals surface area contributed by atoms with Crippen LogP contribution in [0.1, 0.15) is 19.3 Å². The Morgan fingerprint density at radius 1 is 1.61 bits per heavy atom. The van der Waals surface area contributed by atoms with Crippen molar-refractivity contribution in [3.05, 3.63) is 0 Å². The van der Waals surface area contributed by atoms with Crippen molar-refractivity contribution in [2.45, 2.75) is 25.3 Å². The summed E-state index contributed by atoms with van der Waals surface area (Å²) in [5.41, 5.74) is 0. The fourth-order valence-electron chi connectivity index (χ4n) is 1.93. The Labute approximate surface area is 110 Å². The molecule has 7 heteroatoms. The summed E-state index contributed by atoms with van der Waals surface area (Å²) in [6, 6.07) is -0.824. The van der Waals surface area contributed by atoms with Crippen LogP contribution in [0.25, 0.3) is 0 Å². The number of methoxy groups -OCH3 is 1. The average Bonchev–Trinajstić information content (AvgIpc) is 2.39. The van der Waals surface area contributed by atoms with Gasteiger partial charge >= 0.3 is 5.97 Å². The highest BCUT2D eigenvalue weighted by atomic mass is 35.5. The first kappa shape index (κ1) is 14.8. The number of piperidine rings is 1. The summed E-state index contributed by atoms with van der Waals surface area (Å²) in [6.45, 7) is 0.659. The Kier molecular flexibility index (Phi) is 5.91. The van der Waals surface area contributed by atoms with Crippen molar-refractivity contribution in [1.29, 1.82) is 0 Å². The van der Waals surface area contributed by atoms with Gasteiger partial charge in [-0.2, -0.15) is 0 Å². The number of hydrogen-bond donors (Lipinski definition) is 2.